The Morgan fingerprint density at radius 1 is 1.16 bits per heavy atom. The molecule has 0 fully saturated rings. The van der Waals surface area contributed by atoms with Crippen LogP contribution in [0.1, 0.15) is 22.9 Å². The van der Waals surface area contributed by atoms with Gasteiger partial charge in [-0.1, -0.05) is 48.0 Å². The van der Waals surface area contributed by atoms with Gasteiger partial charge in [-0.25, -0.2) is 4.98 Å². The van der Waals surface area contributed by atoms with Crippen LogP contribution in [0.15, 0.2) is 54.7 Å². The van der Waals surface area contributed by atoms with Crippen molar-refractivity contribution in [3.63, 3.8) is 0 Å². The molecule has 5 nitrogen and oxygen atoms in total. The highest BCUT2D eigenvalue weighted by atomic mass is 35.5. The zero-order valence-electron chi connectivity index (χ0n) is 13.5. The maximum atomic E-state index is 12.9. The van der Waals surface area contributed by atoms with Gasteiger partial charge in [-0.2, -0.15) is 0 Å². The predicted molar refractivity (Wildman–Crippen MR) is 92.8 cm³/mol. The number of esters is 1. The van der Waals surface area contributed by atoms with Gasteiger partial charge in [0.1, 0.15) is 35.0 Å². The van der Waals surface area contributed by atoms with Gasteiger partial charge in [0.2, 0.25) is 0 Å². The smallest absolute Gasteiger partial charge is 0.318 e. The molecule has 2 aromatic carbocycles. The fourth-order valence-corrected chi connectivity index (χ4v) is 3.09. The van der Waals surface area contributed by atoms with Gasteiger partial charge in [0.15, 0.2) is 0 Å². The second-order valence-electron chi connectivity index (χ2n) is 5.77. The molecule has 2 heterocycles. The lowest BCUT2D eigenvalue weighted by Crippen LogP contribution is -2.21. The Morgan fingerprint density at radius 2 is 1.76 bits per heavy atom. The van der Waals surface area contributed by atoms with Gasteiger partial charge in [-0.05, 0) is 12.1 Å². The number of hydrogen-bond donors (Lipinski definition) is 0. The van der Waals surface area contributed by atoms with E-state index < -0.39 is 5.92 Å². The van der Waals surface area contributed by atoms with Crippen LogP contribution in [0.3, 0.4) is 0 Å². The van der Waals surface area contributed by atoms with E-state index in [9.17, 15) is 4.79 Å². The molecular formula is C19H15ClN2O3. The highest BCUT2D eigenvalue weighted by Gasteiger charge is 2.33. The van der Waals surface area contributed by atoms with Crippen molar-refractivity contribution in [1.29, 1.82) is 0 Å². The molecule has 1 aromatic heterocycles. The number of carbonyl (C=O) groups excluding carboxylic acids is 1. The average molecular weight is 355 g/mol. The quantitative estimate of drug-likeness (QED) is 0.666. The number of nitrogens with zero attached hydrogens (tertiary/aromatic N) is 2. The fourth-order valence-electron chi connectivity index (χ4n) is 2.94. The molecule has 4 rings (SSSR count). The molecule has 0 atom stereocenters. The monoisotopic (exact) mass is 354 g/mol. The van der Waals surface area contributed by atoms with E-state index in [1.54, 1.807) is 11.6 Å². The molecule has 6 heteroatoms. The van der Waals surface area contributed by atoms with E-state index in [4.69, 9.17) is 21.1 Å². The summed E-state index contributed by atoms with van der Waals surface area (Å²) in [5.41, 5.74) is 1.59. The molecule has 0 radical (unpaired) electrons. The van der Waals surface area contributed by atoms with Gasteiger partial charge >= 0.3 is 5.97 Å². The topological polar surface area (TPSA) is 53.4 Å². The Hall–Kier alpha value is -2.79. The molecule has 0 saturated carbocycles. The number of carbonyl (C=O) groups is 1. The van der Waals surface area contributed by atoms with Gasteiger partial charge in [0, 0.05) is 18.2 Å². The predicted octanol–water partition coefficient (Wildman–Crippen LogP) is 4.05. The summed E-state index contributed by atoms with van der Waals surface area (Å²) < 4.78 is 13.1. The lowest BCUT2D eigenvalue weighted by atomic mass is 9.88. The lowest BCUT2D eigenvalue weighted by molar-refractivity contribution is -0.146. The van der Waals surface area contributed by atoms with Crippen LogP contribution in [-0.4, -0.2) is 15.5 Å². The first-order valence-electron chi connectivity index (χ1n) is 7.83. The summed E-state index contributed by atoms with van der Waals surface area (Å²) >= 11 is 5.97. The molecule has 0 spiro atoms. The summed E-state index contributed by atoms with van der Waals surface area (Å²) in [7, 11) is 1.78. The standard InChI is InChI=1S/C19H15ClN2O3/c1-22-16(20)10-21-17(22)11-24-19(23)18-12-6-2-4-8-14(12)25-15-9-5-3-7-13(15)18/h2-10,18H,11H2,1H3. The largest absolute Gasteiger partial charge is 0.457 e. The molecule has 3 aromatic rings. The molecule has 0 unspecified atom stereocenters. The summed E-state index contributed by atoms with van der Waals surface area (Å²) in [6, 6.07) is 15.0. The Kier molecular flexibility index (Phi) is 3.93. The summed E-state index contributed by atoms with van der Waals surface area (Å²) in [5, 5.41) is 0.493. The first-order chi connectivity index (χ1) is 12.1. The van der Waals surface area contributed by atoms with Crippen molar-refractivity contribution in [1.82, 2.24) is 9.55 Å². The van der Waals surface area contributed by atoms with Crippen molar-refractivity contribution in [2.45, 2.75) is 12.5 Å². The Bertz CT molecular complexity index is 906. The van der Waals surface area contributed by atoms with E-state index in [2.05, 4.69) is 4.98 Å². The number of hydrogen-bond acceptors (Lipinski definition) is 4. The number of ether oxygens (including phenoxy) is 2. The van der Waals surface area contributed by atoms with Crippen molar-refractivity contribution in [2.75, 3.05) is 0 Å². The van der Waals surface area contributed by atoms with Crippen LogP contribution < -0.4 is 4.74 Å². The third-order valence-electron chi connectivity index (χ3n) is 4.29. The number of rotatable bonds is 3. The number of benzene rings is 2. The van der Waals surface area contributed by atoms with Crippen LogP contribution in [0.5, 0.6) is 11.5 Å². The molecule has 0 saturated heterocycles. The first kappa shape index (κ1) is 15.7. The molecule has 126 valence electrons. The second-order valence-corrected chi connectivity index (χ2v) is 6.16. The van der Waals surface area contributed by atoms with Crippen LogP contribution in [0, 0.1) is 0 Å². The highest BCUT2D eigenvalue weighted by molar-refractivity contribution is 6.29. The van der Waals surface area contributed by atoms with E-state index in [-0.39, 0.29) is 12.6 Å². The van der Waals surface area contributed by atoms with E-state index in [1.165, 1.54) is 6.20 Å². The van der Waals surface area contributed by atoms with Crippen molar-refractivity contribution in [3.05, 3.63) is 76.8 Å². The third kappa shape index (κ3) is 2.76. The molecule has 25 heavy (non-hydrogen) atoms. The minimum atomic E-state index is -0.531. The lowest BCUT2D eigenvalue weighted by Gasteiger charge is -2.26. The van der Waals surface area contributed by atoms with Gasteiger partial charge in [-0.3, -0.25) is 4.79 Å². The van der Waals surface area contributed by atoms with E-state index in [0.717, 1.165) is 11.1 Å². The highest BCUT2D eigenvalue weighted by Crippen LogP contribution is 2.44. The van der Waals surface area contributed by atoms with Gasteiger partial charge in [0.05, 0.1) is 6.20 Å². The van der Waals surface area contributed by atoms with Gasteiger partial charge in [0.25, 0.3) is 0 Å². The summed E-state index contributed by atoms with van der Waals surface area (Å²) in [6.45, 7) is 0.0593. The Balaban J connectivity index is 1.65. The van der Waals surface area contributed by atoms with Crippen LogP contribution in [0.25, 0.3) is 0 Å². The van der Waals surface area contributed by atoms with Crippen molar-refractivity contribution >= 4 is 17.6 Å². The Morgan fingerprint density at radius 3 is 2.32 bits per heavy atom. The summed E-state index contributed by atoms with van der Waals surface area (Å²) in [6.07, 6.45) is 1.53. The zero-order chi connectivity index (χ0) is 17.4. The maximum Gasteiger partial charge on any atom is 0.318 e. The molecule has 1 aliphatic heterocycles. The van der Waals surface area contributed by atoms with E-state index in [0.29, 0.717) is 22.5 Å². The van der Waals surface area contributed by atoms with Crippen LogP contribution >= 0.6 is 11.6 Å². The average Bonchev–Trinajstić information content (AvgIpc) is 2.96. The SMILES string of the molecule is Cn1c(Cl)cnc1COC(=O)C1c2ccccc2Oc2ccccc21. The zero-order valence-corrected chi connectivity index (χ0v) is 14.2. The molecule has 1 aliphatic rings. The summed E-state index contributed by atoms with van der Waals surface area (Å²) in [4.78, 5) is 17.0. The fraction of sp³-hybridized carbons (Fsp3) is 0.158. The molecule has 0 amide bonds. The first-order valence-corrected chi connectivity index (χ1v) is 8.21. The van der Waals surface area contributed by atoms with Crippen molar-refractivity contribution in [3.8, 4) is 11.5 Å². The maximum absolute atomic E-state index is 12.9. The molecular weight excluding hydrogens is 340 g/mol. The van der Waals surface area contributed by atoms with Crippen LogP contribution in [-0.2, 0) is 23.2 Å². The van der Waals surface area contributed by atoms with Gasteiger partial charge < -0.3 is 14.0 Å². The molecule has 0 aliphatic carbocycles. The second kappa shape index (κ2) is 6.26. The van der Waals surface area contributed by atoms with Gasteiger partial charge in [-0.15, -0.1) is 0 Å². The number of imidazole rings is 1. The number of para-hydroxylation sites is 2. The molecule has 0 bridgehead atoms. The summed E-state index contributed by atoms with van der Waals surface area (Å²) in [5.74, 6) is 1.05. The number of aromatic nitrogens is 2. The minimum absolute atomic E-state index is 0.0593. The van der Waals surface area contributed by atoms with Crippen molar-refractivity contribution in [2.24, 2.45) is 7.05 Å². The Labute approximate surface area is 149 Å². The van der Waals surface area contributed by atoms with E-state index >= 15 is 0 Å². The van der Waals surface area contributed by atoms with E-state index in [1.807, 2.05) is 48.5 Å². The number of fused-ring (bicyclic) bond motifs is 2. The third-order valence-corrected chi connectivity index (χ3v) is 4.64. The van der Waals surface area contributed by atoms with Crippen LogP contribution in [0.4, 0.5) is 0 Å². The minimum Gasteiger partial charge on any atom is -0.457 e. The molecule has 0 N–H and O–H groups in total. The van der Waals surface area contributed by atoms with Crippen LogP contribution in [0.2, 0.25) is 5.15 Å². The number of halogens is 1. The normalized spacial score (nSPS) is 12.9. The van der Waals surface area contributed by atoms with Crippen molar-refractivity contribution < 1.29 is 14.3 Å².